The molecule has 27 heavy (non-hydrogen) atoms. The second-order valence-electron chi connectivity index (χ2n) is 6.66. The van der Waals surface area contributed by atoms with Crippen molar-refractivity contribution in [3.05, 3.63) is 53.5 Å². The van der Waals surface area contributed by atoms with Gasteiger partial charge < -0.3 is 10.2 Å². The number of carbonyl (C=O) groups is 2. The molecule has 2 aliphatic heterocycles. The molecule has 0 fully saturated rings. The molecule has 0 radical (unpaired) electrons. The molecule has 0 bridgehead atoms. The highest BCUT2D eigenvalue weighted by Crippen LogP contribution is 2.21. The van der Waals surface area contributed by atoms with Gasteiger partial charge in [-0.2, -0.15) is 0 Å². The van der Waals surface area contributed by atoms with Crippen LogP contribution < -0.4 is 5.32 Å². The van der Waals surface area contributed by atoms with Gasteiger partial charge in [0.15, 0.2) is 0 Å². The van der Waals surface area contributed by atoms with Crippen LogP contribution in [0.3, 0.4) is 0 Å². The fraction of sp³-hybridized carbons (Fsp3) is 0.316. The Morgan fingerprint density at radius 2 is 2.22 bits per heavy atom. The summed E-state index contributed by atoms with van der Waals surface area (Å²) < 4.78 is 1.79. The lowest BCUT2D eigenvalue weighted by Gasteiger charge is -2.25. The van der Waals surface area contributed by atoms with Crippen LogP contribution in [0.1, 0.15) is 24.0 Å². The molecule has 0 unspecified atom stereocenters. The van der Waals surface area contributed by atoms with E-state index >= 15 is 0 Å². The minimum absolute atomic E-state index is 0.00480. The first-order valence-corrected chi connectivity index (χ1v) is 8.95. The molecule has 0 aliphatic carbocycles. The smallest absolute Gasteiger partial charge is 0.246 e. The summed E-state index contributed by atoms with van der Waals surface area (Å²) in [6.45, 7) is 2.01. The lowest BCUT2D eigenvalue weighted by atomic mass is 10.0. The van der Waals surface area contributed by atoms with Gasteiger partial charge in [0.05, 0.1) is 12.7 Å². The normalized spacial score (nSPS) is 16.8. The second-order valence-corrected chi connectivity index (χ2v) is 6.66. The molecular weight excluding hydrogens is 344 g/mol. The van der Waals surface area contributed by atoms with Crippen molar-refractivity contribution in [1.29, 1.82) is 0 Å². The highest BCUT2D eigenvalue weighted by atomic mass is 16.2. The average Bonchev–Trinajstić information content (AvgIpc) is 3.19. The van der Waals surface area contributed by atoms with Crippen molar-refractivity contribution in [3.8, 4) is 0 Å². The highest BCUT2D eigenvalue weighted by Gasteiger charge is 2.17. The van der Waals surface area contributed by atoms with Crippen molar-refractivity contribution in [2.75, 3.05) is 18.4 Å². The third-order valence-corrected chi connectivity index (χ3v) is 4.74. The number of fused-ring (bicyclic) bond motifs is 1. The van der Waals surface area contributed by atoms with Gasteiger partial charge in [-0.1, -0.05) is 11.3 Å². The van der Waals surface area contributed by atoms with Gasteiger partial charge in [-0.05, 0) is 41.7 Å². The summed E-state index contributed by atoms with van der Waals surface area (Å²) in [5, 5.41) is 10.5. The van der Waals surface area contributed by atoms with Gasteiger partial charge in [0, 0.05) is 38.0 Å². The Balaban J connectivity index is 1.35. The van der Waals surface area contributed by atoms with Gasteiger partial charge in [-0.3, -0.25) is 9.59 Å². The maximum Gasteiger partial charge on any atom is 0.246 e. The molecule has 138 valence electrons. The van der Waals surface area contributed by atoms with Crippen LogP contribution in [-0.4, -0.2) is 49.8 Å². The van der Waals surface area contributed by atoms with E-state index in [1.165, 1.54) is 5.57 Å². The maximum absolute atomic E-state index is 12.4. The number of hydrogen-bond donors (Lipinski definition) is 1. The number of anilines is 1. The summed E-state index contributed by atoms with van der Waals surface area (Å²) in [5.74, 6) is 0.600. The number of hydrogen-bond acceptors (Lipinski definition) is 5. The zero-order chi connectivity index (χ0) is 18.6. The zero-order valence-corrected chi connectivity index (χ0v) is 14.8. The molecule has 8 heteroatoms. The zero-order valence-electron chi connectivity index (χ0n) is 14.8. The summed E-state index contributed by atoms with van der Waals surface area (Å²) in [4.78, 5) is 29.9. The lowest BCUT2D eigenvalue weighted by Crippen LogP contribution is -2.34. The van der Waals surface area contributed by atoms with Gasteiger partial charge in [-0.15, -0.1) is 5.10 Å². The lowest BCUT2D eigenvalue weighted by molar-refractivity contribution is -0.125. The molecule has 0 atom stereocenters. The molecule has 0 aromatic carbocycles. The molecule has 4 rings (SSSR count). The Hall–Kier alpha value is -3.29. The van der Waals surface area contributed by atoms with Gasteiger partial charge in [-0.25, -0.2) is 9.67 Å². The summed E-state index contributed by atoms with van der Waals surface area (Å²) in [6, 6.07) is 1.97. The van der Waals surface area contributed by atoms with Crippen molar-refractivity contribution < 1.29 is 9.59 Å². The van der Waals surface area contributed by atoms with E-state index in [-0.39, 0.29) is 11.8 Å². The Labute approximate surface area is 156 Å². The number of aromatic nitrogens is 4. The third-order valence-electron chi connectivity index (χ3n) is 4.74. The maximum atomic E-state index is 12.4. The number of nitrogens with zero attached hydrogens (tertiary/aromatic N) is 5. The van der Waals surface area contributed by atoms with E-state index in [0.29, 0.717) is 31.7 Å². The predicted molar refractivity (Wildman–Crippen MR) is 99.5 cm³/mol. The van der Waals surface area contributed by atoms with Crippen LogP contribution in [0.4, 0.5) is 5.82 Å². The Morgan fingerprint density at radius 1 is 1.30 bits per heavy atom. The molecule has 2 aromatic rings. The van der Waals surface area contributed by atoms with E-state index in [4.69, 9.17) is 0 Å². The molecule has 4 heterocycles. The van der Waals surface area contributed by atoms with Gasteiger partial charge in [0.1, 0.15) is 5.82 Å². The number of carbonyl (C=O) groups excluding carboxylic acids is 2. The molecule has 0 saturated heterocycles. The van der Waals surface area contributed by atoms with Crippen molar-refractivity contribution in [1.82, 2.24) is 24.9 Å². The number of rotatable bonds is 4. The summed E-state index contributed by atoms with van der Waals surface area (Å²) in [5.41, 5.74) is 3.12. The van der Waals surface area contributed by atoms with E-state index in [2.05, 4.69) is 26.7 Å². The molecular formula is C19H20N6O2. The monoisotopic (exact) mass is 364 g/mol. The number of pyridine rings is 1. The van der Waals surface area contributed by atoms with Crippen LogP contribution in [0, 0.1) is 0 Å². The van der Waals surface area contributed by atoms with Crippen molar-refractivity contribution in [2.45, 2.75) is 25.8 Å². The first-order chi connectivity index (χ1) is 13.2. The van der Waals surface area contributed by atoms with Crippen LogP contribution in [0.5, 0.6) is 0 Å². The number of amides is 2. The minimum Gasteiger partial charge on any atom is -0.335 e. The first-order valence-electron chi connectivity index (χ1n) is 8.95. The summed E-state index contributed by atoms with van der Waals surface area (Å²) in [6.07, 6.45) is 12.6. The SMILES string of the molecule is O=C1CCc2cc(C=CC(=O)N3CC=C(Cn4ccnn4)CC3)cnc2N1. The van der Waals surface area contributed by atoms with Crippen LogP contribution in [0.2, 0.25) is 0 Å². The largest absolute Gasteiger partial charge is 0.335 e. The topological polar surface area (TPSA) is 93.0 Å². The molecule has 0 saturated carbocycles. The van der Waals surface area contributed by atoms with E-state index < -0.39 is 0 Å². The van der Waals surface area contributed by atoms with Crippen molar-refractivity contribution >= 4 is 23.7 Å². The predicted octanol–water partition coefficient (Wildman–Crippen LogP) is 1.43. The Bertz CT molecular complexity index is 916. The van der Waals surface area contributed by atoms with E-state index in [9.17, 15) is 9.59 Å². The molecule has 0 spiro atoms. The average molecular weight is 364 g/mol. The summed E-state index contributed by atoms with van der Waals surface area (Å²) in [7, 11) is 0. The molecule has 2 amide bonds. The highest BCUT2D eigenvalue weighted by molar-refractivity contribution is 5.94. The minimum atomic E-state index is -0.0166. The first kappa shape index (κ1) is 17.1. The Morgan fingerprint density at radius 3 is 3.00 bits per heavy atom. The van der Waals surface area contributed by atoms with E-state index in [1.54, 1.807) is 29.2 Å². The van der Waals surface area contributed by atoms with E-state index in [1.807, 2.05) is 17.2 Å². The van der Waals surface area contributed by atoms with Gasteiger partial charge in [0.2, 0.25) is 11.8 Å². The van der Waals surface area contributed by atoms with Crippen LogP contribution >= 0.6 is 0 Å². The number of nitrogens with one attached hydrogen (secondary N) is 1. The summed E-state index contributed by atoms with van der Waals surface area (Å²) >= 11 is 0. The Kier molecular flexibility index (Phi) is 4.78. The molecule has 2 aromatic heterocycles. The molecule has 1 N–H and O–H groups in total. The van der Waals surface area contributed by atoms with Crippen molar-refractivity contribution in [3.63, 3.8) is 0 Å². The van der Waals surface area contributed by atoms with Crippen LogP contribution in [0.25, 0.3) is 6.08 Å². The van der Waals surface area contributed by atoms with Crippen LogP contribution in [0.15, 0.2) is 42.4 Å². The fourth-order valence-corrected chi connectivity index (χ4v) is 3.22. The molecule has 2 aliphatic rings. The third kappa shape index (κ3) is 4.11. The van der Waals surface area contributed by atoms with Gasteiger partial charge in [0.25, 0.3) is 0 Å². The van der Waals surface area contributed by atoms with Crippen molar-refractivity contribution in [2.24, 2.45) is 0 Å². The van der Waals surface area contributed by atoms with Gasteiger partial charge >= 0.3 is 0 Å². The fourth-order valence-electron chi connectivity index (χ4n) is 3.22. The number of aryl methyl sites for hydroxylation is 1. The second kappa shape index (κ2) is 7.53. The quantitative estimate of drug-likeness (QED) is 0.654. The van der Waals surface area contributed by atoms with E-state index in [0.717, 1.165) is 24.1 Å². The van der Waals surface area contributed by atoms with Crippen LogP contribution in [-0.2, 0) is 22.6 Å². The standard InChI is InChI=1S/C19H20N6O2/c26-17-3-2-16-11-15(12-20-19(16)22-17)1-4-18(27)24-8-5-14(6-9-24)13-25-10-7-21-23-25/h1,4-5,7,10-12H,2-3,6,8-9,13H2,(H,20,22,26). The molecule has 8 nitrogen and oxygen atoms in total.